The summed E-state index contributed by atoms with van der Waals surface area (Å²) in [5, 5.41) is 2.80. The lowest BCUT2D eigenvalue weighted by Gasteiger charge is -2.27. The number of hydrogen-bond donors (Lipinski definition) is 1. The highest BCUT2D eigenvalue weighted by Crippen LogP contribution is 2.15. The first-order valence-electron chi connectivity index (χ1n) is 9.35. The molecule has 0 radical (unpaired) electrons. The Morgan fingerprint density at radius 2 is 1.75 bits per heavy atom. The van der Waals surface area contributed by atoms with Gasteiger partial charge in [-0.25, -0.2) is 4.39 Å². The molecular formula is C22H27FN2O3. The maximum Gasteiger partial charge on any atom is 0.251 e. The lowest BCUT2D eigenvalue weighted by Crippen LogP contribution is -2.50. The van der Waals surface area contributed by atoms with Crippen LogP contribution in [0.15, 0.2) is 48.5 Å². The maximum atomic E-state index is 13.9. The number of nitrogens with one attached hydrogen (secondary N) is 1. The molecular weight excluding hydrogens is 359 g/mol. The van der Waals surface area contributed by atoms with Crippen LogP contribution in [0.1, 0.15) is 36.7 Å². The zero-order valence-corrected chi connectivity index (χ0v) is 16.7. The lowest BCUT2D eigenvalue weighted by atomic mass is 10.0. The summed E-state index contributed by atoms with van der Waals surface area (Å²) in [6.45, 7) is 6.28. The normalized spacial score (nSPS) is 11.8. The summed E-state index contributed by atoms with van der Waals surface area (Å²) >= 11 is 0. The Bertz CT molecular complexity index is 806. The van der Waals surface area contributed by atoms with Crippen LogP contribution in [0.4, 0.5) is 4.39 Å². The zero-order chi connectivity index (χ0) is 20.7. The largest absolute Gasteiger partial charge is 0.494 e. The molecule has 1 atom stereocenters. The molecule has 2 aromatic carbocycles. The molecule has 0 aliphatic rings. The molecule has 1 N–H and O–H groups in total. The molecule has 2 amide bonds. The molecule has 0 fully saturated rings. The minimum Gasteiger partial charge on any atom is -0.494 e. The van der Waals surface area contributed by atoms with E-state index in [1.807, 2.05) is 20.8 Å². The van der Waals surface area contributed by atoms with Crippen molar-refractivity contribution in [2.45, 2.75) is 33.4 Å². The first-order chi connectivity index (χ1) is 13.3. The van der Waals surface area contributed by atoms with Gasteiger partial charge >= 0.3 is 0 Å². The second-order valence-corrected chi connectivity index (χ2v) is 6.94. The van der Waals surface area contributed by atoms with Crippen LogP contribution in [-0.4, -0.2) is 36.4 Å². The third-order valence-corrected chi connectivity index (χ3v) is 4.39. The Kier molecular flexibility index (Phi) is 7.55. The molecule has 0 aromatic heterocycles. The average molecular weight is 386 g/mol. The Hall–Kier alpha value is -2.89. The van der Waals surface area contributed by atoms with Crippen LogP contribution in [-0.2, 0) is 11.3 Å². The fourth-order valence-corrected chi connectivity index (χ4v) is 2.80. The topological polar surface area (TPSA) is 58.6 Å². The Balaban J connectivity index is 2.07. The Morgan fingerprint density at radius 1 is 1.11 bits per heavy atom. The van der Waals surface area contributed by atoms with E-state index in [0.717, 1.165) is 0 Å². The fourth-order valence-electron chi connectivity index (χ4n) is 2.80. The molecule has 2 rings (SSSR count). The van der Waals surface area contributed by atoms with Gasteiger partial charge in [0.15, 0.2) is 0 Å². The number of nitrogens with zero attached hydrogens (tertiary/aromatic N) is 1. The van der Waals surface area contributed by atoms with E-state index in [4.69, 9.17) is 4.74 Å². The van der Waals surface area contributed by atoms with E-state index in [-0.39, 0.29) is 30.1 Å². The molecule has 28 heavy (non-hydrogen) atoms. The van der Waals surface area contributed by atoms with Gasteiger partial charge in [-0.15, -0.1) is 0 Å². The Labute approximate surface area is 165 Å². The van der Waals surface area contributed by atoms with Gasteiger partial charge in [0.05, 0.1) is 6.61 Å². The number of carbonyl (C=O) groups is 2. The number of ether oxygens (including phenoxy) is 1. The summed E-state index contributed by atoms with van der Waals surface area (Å²) in [5.74, 6) is -0.407. The van der Waals surface area contributed by atoms with Crippen LogP contribution in [0.3, 0.4) is 0 Å². The van der Waals surface area contributed by atoms with Gasteiger partial charge in [-0.05, 0) is 43.2 Å². The molecule has 0 aliphatic carbocycles. The molecule has 1 unspecified atom stereocenters. The number of amides is 2. The van der Waals surface area contributed by atoms with Gasteiger partial charge in [0.1, 0.15) is 17.6 Å². The van der Waals surface area contributed by atoms with Crippen molar-refractivity contribution < 1.29 is 18.7 Å². The first-order valence-corrected chi connectivity index (χ1v) is 9.35. The fraction of sp³-hybridized carbons (Fsp3) is 0.364. The van der Waals surface area contributed by atoms with Crippen molar-refractivity contribution in [2.75, 3.05) is 13.7 Å². The number of benzene rings is 2. The van der Waals surface area contributed by atoms with E-state index in [1.54, 1.807) is 49.5 Å². The SMILES string of the molecule is CCOc1ccc(C(=O)NC(C(=O)N(C)Cc2ccccc2F)C(C)C)cc1. The maximum absolute atomic E-state index is 13.9. The van der Waals surface area contributed by atoms with Crippen LogP contribution < -0.4 is 10.1 Å². The predicted octanol–water partition coefficient (Wildman–Crippen LogP) is 3.64. The highest BCUT2D eigenvalue weighted by Gasteiger charge is 2.27. The summed E-state index contributed by atoms with van der Waals surface area (Å²) in [5.41, 5.74) is 0.873. The summed E-state index contributed by atoms with van der Waals surface area (Å²) in [7, 11) is 1.60. The minimum absolute atomic E-state index is 0.123. The van der Waals surface area contributed by atoms with Gasteiger partial charge < -0.3 is 15.0 Å². The molecule has 0 spiro atoms. The number of hydrogen-bond acceptors (Lipinski definition) is 3. The highest BCUT2D eigenvalue weighted by molar-refractivity contribution is 5.97. The molecule has 0 bridgehead atoms. The first kappa shape index (κ1) is 21.4. The molecule has 5 nitrogen and oxygen atoms in total. The van der Waals surface area contributed by atoms with Crippen molar-refractivity contribution >= 4 is 11.8 Å². The molecule has 2 aromatic rings. The zero-order valence-electron chi connectivity index (χ0n) is 16.7. The van der Waals surface area contributed by atoms with Gasteiger partial charge in [-0.1, -0.05) is 32.0 Å². The summed E-state index contributed by atoms with van der Waals surface area (Å²) < 4.78 is 19.2. The summed E-state index contributed by atoms with van der Waals surface area (Å²) in [6.07, 6.45) is 0. The number of carbonyl (C=O) groups excluding carboxylic acids is 2. The van der Waals surface area contributed by atoms with Crippen molar-refractivity contribution in [2.24, 2.45) is 5.92 Å². The number of halogens is 1. The highest BCUT2D eigenvalue weighted by atomic mass is 19.1. The van der Waals surface area contributed by atoms with Gasteiger partial charge in [0, 0.05) is 24.7 Å². The quantitative estimate of drug-likeness (QED) is 0.754. The number of likely N-dealkylation sites (N-methyl/N-ethyl adjacent to an activating group) is 1. The summed E-state index contributed by atoms with van der Waals surface area (Å²) in [6, 6.07) is 12.4. The van der Waals surface area contributed by atoms with Crippen molar-refractivity contribution in [1.82, 2.24) is 10.2 Å². The van der Waals surface area contributed by atoms with Crippen LogP contribution in [0.5, 0.6) is 5.75 Å². The van der Waals surface area contributed by atoms with E-state index in [0.29, 0.717) is 23.5 Å². The van der Waals surface area contributed by atoms with Crippen molar-refractivity contribution in [3.8, 4) is 5.75 Å². The standard InChI is InChI=1S/C22H27FN2O3/c1-5-28-18-12-10-16(11-13-18)21(26)24-20(15(2)3)22(27)25(4)14-17-8-6-7-9-19(17)23/h6-13,15,20H,5,14H2,1-4H3,(H,24,26). The molecule has 6 heteroatoms. The van der Waals surface area contributed by atoms with Gasteiger partial charge in [0.25, 0.3) is 5.91 Å². The van der Waals surface area contributed by atoms with Crippen molar-refractivity contribution in [1.29, 1.82) is 0 Å². The third-order valence-electron chi connectivity index (χ3n) is 4.39. The van der Waals surface area contributed by atoms with Gasteiger partial charge in [-0.3, -0.25) is 9.59 Å². The molecule has 0 saturated heterocycles. The second kappa shape index (κ2) is 9.88. The Morgan fingerprint density at radius 3 is 2.32 bits per heavy atom. The van der Waals surface area contributed by atoms with Gasteiger partial charge in [-0.2, -0.15) is 0 Å². The van der Waals surface area contributed by atoms with E-state index < -0.39 is 6.04 Å². The van der Waals surface area contributed by atoms with E-state index in [1.165, 1.54) is 11.0 Å². The predicted molar refractivity (Wildman–Crippen MR) is 107 cm³/mol. The summed E-state index contributed by atoms with van der Waals surface area (Å²) in [4.78, 5) is 26.9. The minimum atomic E-state index is -0.712. The molecule has 0 saturated carbocycles. The molecule has 150 valence electrons. The third kappa shape index (κ3) is 5.55. The van der Waals surface area contributed by atoms with Crippen LogP contribution in [0.2, 0.25) is 0 Å². The smallest absolute Gasteiger partial charge is 0.251 e. The van der Waals surface area contributed by atoms with Crippen LogP contribution in [0.25, 0.3) is 0 Å². The molecule has 0 heterocycles. The van der Waals surface area contributed by atoms with Gasteiger partial charge in [0.2, 0.25) is 5.91 Å². The van der Waals surface area contributed by atoms with Crippen molar-refractivity contribution in [3.05, 3.63) is 65.5 Å². The second-order valence-electron chi connectivity index (χ2n) is 6.94. The van der Waals surface area contributed by atoms with Crippen molar-refractivity contribution in [3.63, 3.8) is 0 Å². The average Bonchev–Trinajstić information content (AvgIpc) is 2.67. The van der Waals surface area contributed by atoms with Crippen LogP contribution >= 0.6 is 0 Å². The van der Waals surface area contributed by atoms with Crippen LogP contribution in [0, 0.1) is 11.7 Å². The van der Waals surface area contributed by atoms with E-state index in [9.17, 15) is 14.0 Å². The molecule has 0 aliphatic heterocycles. The van der Waals surface area contributed by atoms with E-state index >= 15 is 0 Å². The lowest BCUT2D eigenvalue weighted by molar-refractivity contribution is -0.133. The number of rotatable bonds is 8. The van der Waals surface area contributed by atoms with E-state index in [2.05, 4.69) is 5.32 Å². The monoisotopic (exact) mass is 386 g/mol.